The van der Waals surface area contributed by atoms with E-state index in [1.54, 1.807) is 0 Å². The Morgan fingerprint density at radius 3 is 2.43 bits per heavy atom. The number of halogens is 1. The molecular formula is C15H16ClNO4. The molecule has 0 bridgehead atoms. The standard InChI is InChI=1S/C13H10ClNO4.C2H6/c14-10-6-11(15(17)18)13(12(16)7-10)19-8-9-4-2-1-3-5-9;1-2/h1-7,16H,8H2;1-2H3. The van der Waals surface area contributed by atoms with Gasteiger partial charge in [-0.25, -0.2) is 0 Å². The number of benzene rings is 2. The first kappa shape index (κ1) is 16.8. The Labute approximate surface area is 127 Å². The van der Waals surface area contributed by atoms with Gasteiger partial charge in [-0.05, 0) is 5.56 Å². The second-order valence-electron chi connectivity index (χ2n) is 3.80. The average molecular weight is 310 g/mol. The topological polar surface area (TPSA) is 72.6 Å². The number of phenols is 1. The number of rotatable bonds is 4. The first-order valence-corrected chi connectivity index (χ1v) is 6.79. The molecule has 0 aliphatic carbocycles. The molecule has 0 aliphatic heterocycles. The fourth-order valence-corrected chi connectivity index (χ4v) is 1.79. The van der Waals surface area contributed by atoms with Crippen LogP contribution in [0.2, 0.25) is 5.02 Å². The Bertz CT molecular complexity index is 602. The van der Waals surface area contributed by atoms with Crippen molar-refractivity contribution in [3.63, 3.8) is 0 Å². The number of phenolic OH excluding ortho intramolecular Hbond substituents is 1. The van der Waals surface area contributed by atoms with Gasteiger partial charge in [-0.15, -0.1) is 0 Å². The van der Waals surface area contributed by atoms with Crippen LogP contribution in [0, 0.1) is 10.1 Å². The van der Waals surface area contributed by atoms with Gasteiger partial charge in [-0.3, -0.25) is 10.1 Å². The maximum absolute atomic E-state index is 10.9. The number of nitro benzene ring substituents is 1. The predicted octanol–water partition coefficient (Wildman–Crippen LogP) is 4.56. The van der Waals surface area contributed by atoms with Crippen molar-refractivity contribution in [2.45, 2.75) is 20.5 Å². The van der Waals surface area contributed by atoms with Crippen molar-refractivity contribution in [2.75, 3.05) is 0 Å². The summed E-state index contributed by atoms with van der Waals surface area (Å²) >= 11 is 5.66. The summed E-state index contributed by atoms with van der Waals surface area (Å²) in [4.78, 5) is 10.2. The number of aromatic hydroxyl groups is 1. The number of hydrogen-bond acceptors (Lipinski definition) is 4. The van der Waals surface area contributed by atoms with Crippen molar-refractivity contribution in [3.8, 4) is 11.5 Å². The van der Waals surface area contributed by atoms with Gasteiger partial charge >= 0.3 is 5.69 Å². The highest BCUT2D eigenvalue weighted by Crippen LogP contribution is 2.39. The lowest BCUT2D eigenvalue weighted by Gasteiger charge is -2.09. The molecule has 0 saturated carbocycles. The van der Waals surface area contributed by atoms with Crippen LogP contribution in [0.5, 0.6) is 11.5 Å². The van der Waals surface area contributed by atoms with Crippen LogP contribution in [0.25, 0.3) is 0 Å². The second kappa shape index (κ2) is 8.11. The zero-order valence-corrected chi connectivity index (χ0v) is 12.5. The number of ether oxygens (including phenoxy) is 1. The Kier molecular flexibility index (Phi) is 6.49. The molecule has 0 heterocycles. The first-order valence-electron chi connectivity index (χ1n) is 6.41. The summed E-state index contributed by atoms with van der Waals surface area (Å²) in [7, 11) is 0. The molecule has 0 unspecified atom stereocenters. The summed E-state index contributed by atoms with van der Waals surface area (Å²) in [6.45, 7) is 4.12. The third kappa shape index (κ3) is 4.65. The highest BCUT2D eigenvalue weighted by molar-refractivity contribution is 6.31. The van der Waals surface area contributed by atoms with Crippen LogP contribution in [0.4, 0.5) is 5.69 Å². The van der Waals surface area contributed by atoms with Gasteiger partial charge in [0.15, 0.2) is 5.75 Å². The molecule has 112 valence electrons. The molecule has 0 radical (unpaired) electrons. The Hall–Kier alpha value is -2.27. The van der Waals surface area contributed by atoms with Crippen molar-refractivity contribution in [3.05, 3.63) is 63.2 Å². The number of nitro groups is 1. The van der Waals surface area contributed by atoms with Crippen LogP contribution in [-0.4, -0.2) is 10.0 Å². The van der Waals surface area contributed by atoms with Crippen molar-refractivity contribution >= 4 is 17.3 Å². The SMILES string of the molecule is CC.O=[N+]([O-])c1cc(Cl)cc(O)c1OCc1ccccc1. The van der Waals surface area contributed by atoms with Crippen LogP contribution in [0.3, 0.4) is 0 Å². The maximum Gasteiger partial charge on any atom is 0.316 e. The molecule has 0 spiro atoms. The zero-order chi connectivity index (χ0) is 15.8. The maximum atomic E-state index is 10.9. The van der Waals surface area contributed by atoms with Gasteiger partial charge in [-0.1, -0.05) is 55.8 Å². The van der Waals surface area contributed by atoms with E-state index in [-0.39, 0.29) is 28.8 Å². The fourth-order valence-electron chi connectivity index (χ4n) is 1.58. The smallest absolute Gasteiger partial charge is 0.316 e. The van der Waals surface area contributed by atoms with E-state index >= 15 is 0 Å². The third-order valence-electron chi connectivity index (χ3n) is 2.44. The highest BCUT2D eigenvalue weighted by Gasteiger charge is 2.21. The van der Waals surface area contributed by atoms with Gasteiger partial charge in [0.1, 0.15) is 6.61 Å². The van der Waals surface area contributed by atoms with Crippen LogP contribution < -0.4 is 4.74 Å². The zero-order valence-electron chi connectivity index (χ0n) is 11.7. The van der Waals surface area contributed by atoms with E-state index in [0.29, 0.717) is 0 Å². The van der Waals surface area contributed by atoms with E-state index < -0.39 is 4.92 Å². The lowest BCUT2D eigenvalue weighted by molar-refractivity contribution is -0.386. The molecule has 21 heavy (non-hydrogen) atoms. The fraction of sp³-hybridized carbons (Fsp3) is 0.200. The van der Waals surface area contributed by atoms with Crippen molar-refractivity contribution in [1.29, 1.82) is 0 Å². The monoisotopic (exact) mass is 309 g/mol. The Morgan fingerprint density at radius 1 is 1.24 bits per heavy atom. The molecule has 2 aromatic rings. The summed E-state index contributed by atoms with van der Waals surface area (Å²) in [5, 5.41) is 20.7. The molecule has 1 N–H and O–H groups in total. The van der Waals surface area contributed by atoms with Gasteiger partial charge in [-0.2, -0.15) is 0 Å². The number of nitrogens with zero attached hydrogens (tertiary/aromatic N) is 1. The molecule has 2 aromatic carbocycles. The van der Waals surface area contributed by atoms with Gasteiger partial charge in [0, 0.05) is 12.1 Å². The summed E-state index contributed by atoms with van der Waals surface area (Å²) in [5.74, 6) is -0.534. The lowest BCUT2D eigenvalue weighted by atomic mass is 10.2. The lowest BCUT2D eigenvalue weighted by Crippen LogP contribution is -1.99. The van der Waals surface area contributed by atoms with Gasteiger partial charge < -0.3 is 9.84 Å². The highest BCUT2D eigenvalue weighted by atomic mass is 35.5. The Morgan fingerprint density at radius 2 is 1.86 bits per heavy atom. The van der Waals surface area contributed by atoms with E-state index in [1.165, 1.54) is 6.07 Å². The van der Waals surface area contributed by atoms with Gasteiger partial charge in [0.25, 0.3) is 0 Å². The van der Waals surface area contributed by atoms with Crippen molar-refractivity contribution in [1.82, 2.24) is 0 Å². The minimum absolute atomic E-state index is 0.0799. The second-order valence-corrected chi connectivity index (χ2v) is 4.24. The molecule has 0 aromatic heterocycles. The molecule has 0 saturated heterocycles. The quantitative estimate of drug-likeness (QED) is 0.663. The van der Waals surface area contributed by atoms with Gasteiger partial charge in [0.05, 0.1) is 9.95 Å². The van der Waals surface area contributed by atoms with Crippen molar-refractivity contribution < 1.29 is 14.8 Å². The molecule has 2 rings (SSSR count). The van der Waals surface area contributed by atoms with E-state index in [4.69, 9.17) is 16.3 Å². The molecular weight excluding hydrogens is 294 g/mol. The largest absolute Gasteiger partial charge is 0.504 e. The molecule has 0 fully saturated rings. The van der Waals surface area contributed by atoms with Crippen LogP contribution >= 0.6 is 11.6 Å². The minimum Gasteiger partial charge on any atom is -0.504 e. The summed E-state index contributed by atoms with van der Waals surface area (Å²) < 4.78 is 5.32. The average Bonchev–Trinajstić information content (AvgIpc) is 2.48. The Balaban J connectivity index is 0.00000106. The van der Waals surface area contributed by atoms with Crippen LogP contribution in [-0.2, 0) is 6.61 Å². The van der Waals surface area contributed by atoms with E-state index in [1.807, 2.05) is 44.2 Å². The molecule has 6 heteroatoms. The van der Waals surface area contributed by atoms with E-state index in [2.05, 4.69) is 0 Å². The molecule has 0 atom stereocenters. The minimum atomic E-state index is -0.647. The van der Waals surface area contributed by atoms with Crippen molar-refractivity contribution in [2.24, 2.45) is 0 Å². The summed E-state index contributed by atoms with van der Waals surface area (Å²) in [6.07, 6.45) is 0. The third-order valence-corrected chi connectivity index (χ3v) is 2.66. The normalized spacial score (nSPS) is 9.48. The van der Waals surface area contributed by atoms with E-state index in [9.17, 15) is 15.2 Å². The molecule has 0 amide bonds. The van der Waals surface area contributed by atoms with Crippen LogP contribution in [0.15, 0.2) is 42.5 Å². The molecule has 5 nitrogen and oxygen atoms in total. The first-order chi connectivity index (χ1) is 10.1. The number of hydrogen-bond donors (Lipinski definition) is 1. The van der Waals surface area contributed by atoms with Crippen LogP contribution in [0.1, 0.15) is 19.4 Å². The molecule has 0 aliphatic rings. The summed E-state index contributed by atoms with van der Waals surface area (Å²) in [6, 6.07) is 11.5. The van der Waals surface area contributed by atoms with Gasteiger partial charge in [0.2, 0.25) is 5.75 Å². The summed E-state index contributed by atoms with van der Waals surface area (Å²) in [5.41, 5.74) is 0.479. The van der Waals surface area contributed by atoms with E-state index in [0.717, 1.165) is 11.6 Å². The predicted molar refractivity (Wildman–Crippen MR) is 81.9 cm³/mol.